The van der Waals surface area contributed by atoms with Crippen LogP contribution in [0.25, 0.3) is 28.2 Å². The van der Waals surface area contributed by atoms with E-state index in [2.05, 4.69) is 25.5 Å². The van der Waals surface area contributed by atoms with Gasteiger partial charge in [-0.1, -0.05) is 6.07 Å². The van der Waals surface area contributed by atoms with E-state index in [0.29, 0.717) is 17.0 Å². The van der Waals surface area contributed by atoms with E-state index in [4.69, 9.17) is 12.2 Å². The first-order valence-corrected chi connectivity index (χ1v) is 9.98. The van der Waals surface area contributed by atoms with Crippen LogP contribution in [0.3, 0.4) is 0 Å². The molecule has 0 aliphatic rings. The zero-order chi connectivity index (χ0) is 22.2. The van der Waals surface area contributed by atoms with Crippen LogP contribution in [-0.4, -0.2) is 34.5 Å². The highest BCUT2D eigenvalue weighted by Crippen LogP contribution is 2.30. The molecule has 5 aromatic rings. The van der Waals surface area contributed by atoms with E-state index < -0.39 is 11.6 Å². The Morgan fingerprint density at radius 1 is 1.03 bits per heavy atom. The van der Waals surface area contributed by atoms with Gasteiger partial charge in [-0.3, -0.25) is 4.98 Å². The van der Waals surface area contributed by atoms with Crippen molar-refractivity contribution >= 4 is 28.7 Å². The van der Waals surface area contributed by atoms with Gasteiger partial charge in [0.1, 0.15) is 23.7 Å². The van der Waals surface area contributed by atoms with Gasteiger partial charge >= 0.3 is 0 Å². The SMILES string of the molecule is Cc1cccc(-c2nn(C(=S)Nc3cc(F)cc(F)c3)cc2-c2ccc3ncnn3c2)n1. The van der Waals surface area contributed by atoms with Crippen molar-refractivity contribution in [2.75, 3.05) is 5.32 Å². The fourth-order valence-corrected chi connectivity index (χ4v) is 3.55. The predicted octanol–water partition coefficient (Wildman–Crippen LogP) is 4.49. The van der Waals surface area contributed by atoms with Gasteiger partial charge in [-0.2, -0.15) is 10.2 Å². The molecule has 0 atom stereocenters. The summed E-state index contributed by atoms with van der Waals surface area (Å²) in [4.78, 5) is 8.76. The van der Waals surface area contributed by atoms with Gasteiger partial charge < -0.3 is 5.32 Å². The van der Waals surface area contributed by atoms with Crippen molar-refractivity contribution in [2.24, 2.45) is 0 Å². The summed E-state index contributed by atoms with van der Waals surface area (Å²) in [5, 5.41) is 11.8. The number of aromatic nitrogens is 6. The lowest BCUT2D eigenvalue weighted by Gasteiger charge is -2.08. The number of fused-ring (bicyclic) bond motifs is 1. The third kappa shape index (κ3) is 3.83. The van der Waals surface area contributed by atoms with Crippen LogP contribution in [0.15, 0.2) is 67.3 Å². The molecule has 158 valence electrons. The lowest BCUT2D eigenvalue weighted by atomic mass is 10.1. The van der Waals surface area contributed by atoms with Crippen molar-refractivity contribution in [1.29, 1.82) is 0 Å². The van der Waals surface area contributed by atoms with Crippen LogP contribution < -0.4 is 5.32 Å². The van der Waals surface area contributed by atoms with E-state index in [0.717, 1.165) is 35.0 Å². The van der Waals surface area contributed by atoms with Crippen LogP contribution in [0.2, 0.25) is 0 Å². The molecule has 0 spiro atoms. The number of hydrogen-bond acceptors (Lipinski definition) is 5. The van der Waals surface area contributed by atoms with Gasteiger partial charge in [0.2, 0.25) is 0 Å². The van der Waals surface area contributed by atoms with Crippen molar-refractivity contribution in [3.05, 3.63) is 84.6 Å². The highest BCUT2D eigenvalue weighted by atomic mass is 32.1. The maximum absolute atomic E-state index is 13.6. The molecule has 5 rings (SSSR count). The van der Waals surface area contributed by atoms with Gasteiger partial charge in [0.05, 0.1) is 5.69 Å². The van der Waals surface area contributed by atoms with Crippen molar-refractivity contribution in [3.8, 4) is 22.5 Å². The van der Waals surface area contributed by atoms with E-state index in [-0.39, 0.29) is 10.8 Å². The quantitative estimate of drug-likeness (QED) is 0.411. The molecule has 10 heteroatoms. The molecule has 0 aliphatic heterocycles. The standard InChI is InChI=1S/C22H15F2N7S/c1-13-3-2-4-19(27-13)21-18(14-5-6-20-25-12-26-30(20)10-14)11-31(29-21)22(32)28-17-8-15(23)7-16(24)9-17/h2-12H,1H3,(H,28,32). The minimum atomic E-state index is -0.706. The Labute approximate surface area is 186 Å². The number of pyridine rings is 2. The lowest BCUT2D eigenvalue weighted by Crippen LogP contribution is -2.19. The summed E-state index contributed by atoms with van der Waals surface area (Å²) in [5.41, 5.74) is 4.58. The van der Waals surface area contributed by atoms with Gasteiger partial charge in [0.15, 0.2) is 10.8 Å². The molecule has 0 saturated carbocycles. The Balaban J connectivity index is 1.59. The molecular weight excluding hydrogens is 432 g/mol. The number of halogens is 2. The van der Waals surface area contributed by atoms with Gasteiger partial charge in [-0.15, -0.1) is 0 Å². The van der Waals surface area contributed by atoms with E-state index in [9.17, 15) is 8.78 Å². The molecular formula is C22H15F2N7S. The summed E-state index contributed by atoms with van der Waals surface area (Å²) >= 11 is 5.45. The van der Waals surface area contributed by atoms with Gasteiger partial charge in [-0.25, -0.2) is 23.0 Å². The average Bonchev–Trinajstić information content (AvgIpc) is 3.40. The molecule has 1 N–H and O–H groups in total. The predicted molar refractivity (Wildman–Crippen MR) is 120 cm³/mol. The number of nitrogens with zero attached hydrogens (tertiary/aromatic N) is 6. The van der Waals surface area contributed by atoms with Crippen LogP contribution in [-0.2, 0) is 0 Å². The van der Waals surface area contributed by atoms with Gasteiger partial charge in [0.25, 0.3) is 0 Å². The number of nitrogens with one attached hydrogen (secondary N) is 1. The highest BCUT2D eigenvalue weighted by molar-refractivity contribution is 7.80. The van der Waals surface area contributed by atoms with Crippen LogP contribution >= 0.6 is 12.2 Å². The first-order chi connectivity index (χ1) is 15.5. The van der Waals surface area contributed by atoms with Crippen molar-refractivity contribution in [1.82, 2.24) is 29.4 Å². The van der Waals surface area contributed by atoms with E-state index in [1.165, 1.54) is 11.0 Å². The Hall–Kier alpha value is -4.05. The molecule has 0 fully saturated rings. The number of hydrogen-bond donors (Lipinski definition) is 1. The number of anilines is 1. The van der Waals surface area contributed by atoms with E-state index >= 15 is 0 Å². The normalized spacial score (nSPS) is 11.1. The first kappa shape index (κ1) is 19.9. The smallest absolute Gasteiger partial charge is 0.198 e. The number of benzene rings is 1. The largest absolute Gasteiger partial charge is 0.331 e. The third-order valence-electron chi connectivity index (χ3n) is 4.75. The molecule has 4 heterocycles. The van der Waals surface area contributed by atoms with Crippen molar-refractivity contribution in [2.45, 2.75) is 6.92 Å². The third-order valence-corrected chi connectivity index (χ3v) is 5.04. The fraction of sp³-hybridized carbons (Fsp3) is 0.0455. The van der Waals surface area contributed by atoms with Crippen LogP contribution in [0, 0.1) is 18.6 Å². The zero-order valence-corrected chi connectivity index (χ0v) is 17.5. The number of rotatable bonds is 3. The molecule has 0 aliphatic carbocycles. The molecule has 1 aromatic carbocycles. The fourth-order valence-electron chi connectivity index (χ4n) is 3.34. The molecule has 0 unspecified atom stereocenters. The summed E-state index contributed by atoms with van der Waals surface area (Å²) in [6.07, 6.45) is 5.05. The summed E-state index contributed by atoms with van der Waals surface area (Å²) in [7, 11) is 0. The second kappa shape index (κ2) is 7.89. The molecule has 0 bridgehead atoms. The van der Waals surface area contributed by atoms with Gasteiger partial charge in [-0.05, 0) is 55.5 Å². The van der Waals surface area contributed by atoms with Crippen molar-refractivity contribution < 1.29 is 8.78 Å². The molecule has 0 radical (unpaired) electrons. The maximum Gasteiger partial charge on any atom is 0.198 e. The highest BCUT2D eigenvalue weighted by Gasteiger charge is 2.17. The molecule has 7 nitrogen and oxygen atoms in total. The molecule has 4 aromatic heterocycles. The summed E-state index contributed by atoms with van der Waals surface area (Å²) in [5.74, 6) is -1.41. The Kier molecular flexibility index (Phi) is 4.91. The lowest BCUT2D eigenvalue weighted by molar-refractivity contribution is 0.584. The number of aryl methyl sites for hydroxylation is 1. The Morgan fingerprint density at radius 3 is 2.62 bits per heavy atom. The molecule has 0 saturated heterocycles. The van der Waals surface area contributed by atoms with Crippen LogP contribution in [0.1, 0.15) is 5.69 Å². The maximum atomic E-state index is 13.6. The van der Waals surface area contributed by atoms with E-state index in [1.807, 2.05) is 43.5 Å². The summed E-state index contributed by atoms with van der Waals surface area (Å²) < 4.78 is 30.2. The topological polar surface area (TPSA) is 72.9 Å². The monoisotopic (exact) mass is 447 g/mol. The number of thiocarbonyl (C=S) groups is 1. The Morgan fingerprint density at radius 2 is 1.84 bits per heavy atom. The van der Waals surface area contributed by atoms with Crippen LogP contribution in [0.4, 0.5) is 14.5 Å². The first-order valence-electron chi connectivity index (χ1n) is 9.57. The minimum absolute atomic E-state index is 0.150. The summed E-state index contributed by atoms with van der Waals surface area (Å²) in [6.45, 7) is 1.90. The molecule has 0 amide bonds. The zero-order valence-electron chi connectivity index (χ0n) is 16.7. The van der Waals surface area contributed by atoms with Gasteiger partial charge in [0, 0.05) is 41.0 Å². The Bertz CT molecular complexity index is 1450. The minimum Gasteiger partial charge on any atom is -0.331 e. The second-order valence-corrected chi connectivity index (χ2v) is 7.46. The van der Waals surface area contributed by atoms with E-state index in [1.54, 1.807) is 10.7 Å². The average molecular weight is 447 g/mol. The molecule has 32 heavy (non-hydrogen) atoms. The van der Waals surface area contributed by atoms with Crippen LogP contribution in [0.5, 0.6) is 0 Å². The second-order valence-electron chi connectivity index (χ2n) is 7.07. The summed E-state index contributed by atoms with van der Waals surface area (Å²) in [6, 6.07) is 12.5. The van der Waals surface area contributed by atoms with Crippen molar-refractivity contribution in [3.63, 3.8) is 0 Å².